The maximum Gasteiger partial charge on any atom is 0.217 e. The molecular formula is C23H28F2N2O2S. The third-order valence-corrected chi connectivity index (χ3v) is 5.87. The molecule has 3 atom stereocenters. The first-order valence-electron chi connectivity index (χ1n) is 10.2. The second-order valence-electron chi connectivity index (χ2n) is 7.68. The number of amides is 1. The molecule has 1 aliphatic rings. The van der Waals surface area contributed by atoms with Crippen LogP contribution in [0.1, 0.15) is 43.0 Å². The van der Waals surface area contributed by atoms with E-state index in [9.17, 15) is 13.6 Å². The number of rotatable bonds is 8. The van der Waals surface area contributed by atoms with E-state index in [-0.39, 0.29) is 29.7 Å². The van der Waals surface area contributed by atoms with E-state index in [2.05, 4.69) is 29.7 Å². The molecule has 0 bridgehead atoms. The zero-order chi connectivity index (χ0) is 21.7. The molecule has 162 valence electrons. The van der Waals surface area contributed by atoms with Crippen molar-refractivity contribution in [3.05, 3.63) is 64.7 Å². The van der Waals surface area contributed by atoms with Crippen LogP contribution < -0.4 is 15.4 Å². The van der Waals surface area contributed by atoms with Gasteiger partial charge in [-0.1, -0.05) is 19.1 Å². The van der Waals surface area contributed by atoms with E-state index < -0.39 is 11.6 Å². The molecule has 1 amide bonds. The smallest absolute Gasteiger partial charge is 0.217 e. The van der Waals surface area contributed by atoms with E-state index in [0.29, 0.717) is 18.7 Å². The van der Waals surface area contributed by atoms with E-state index in [4.69, 9.17) is 17.4 Å². The number of ether oxygens (including phenoxy) is 1. The highest BCUT2D eigenvalue weighted by Gasteiger charge is 2.25. The Labute approximate surface area is 181 Å². The summed E-state index contributed by atoms with van der Waals surface area (Å²) >= 11 is 4.69. The van der Waals surface area contributed by atoms with Crippen LogP contribution in [0.4, 0.5) is 8.78 Å². The summed E-state index contributed by atoms with van der Waals surface area (Å²) in [7, 11) is 0. The molecule has 0 saturated heterocycles. The van der Waals surface area contributed by atoms with Gasteiger partial charge in [0.15, 0.2) is 0 Å². The number of benzene rings is 2. The first kappa shape index (κ1) is 22.6. The lowest BCUT2D eigenvalue weighted by Crippen LogP contribution is -2.46. The Morgan fingerprint density at radius 3 is 2.60 bits per heavy atom. The van der Waals surface area contributed by atoms with Gasteiger partial charge >= 0.3 is 0 Å². The molecule has 2 aromatic rings. The molecule has 7 heteroatoms. The predicted molar refractivity (Wildman–Crippen MR) is 117 cm³/mol. The summed E-state index contributed by atoms with van der Waals surface area (Å²) in [6.45, 7) is 4.69. The van der Waals surface area contributed by atoms with Crippen molar-refractivity contribution in [2.24, 2.45) is 0 Å². The van der Waals surface area contributed by atoms with Crippen LogP contribution in [-0.2, 0) is 17.6 Å². The molecule has 0 aromatic heterocycles. The molecule has 1 heterocycles. The Morgan fingerprint density at radius 2 is 1.93 bits per heavy atom. The normalized spacial score (nSPS) is 17.6. The molecule has 2 aromatic carbocycles. The topological polar surface area (TPSA) is 50.4 Å². The lowest BCUT2D eigenvalue weighted by atomic mass is 9.96. The third kappa shape index (κ3) is 5.95. The van der Waals surface area contributed by atoms with Gasteiger partial charge in [0.05, 0.1) is 6.61 Å². The van der Waals surface area contributed by atoms with Crippen LogP contribution in [0, 0.1) is 11.6 Å². The lowest BCUT2D eigenvalue weighted by molar-refractivity contribution is -0.119. The van der Waals surface area contributed by atoms with Gasteiger partial charge in [-0.05, 0) is 42.2 Å². The summed E-state index contributed by atoms with van der Waals surface area (Å²) in [6, 6.07) is 9.41. The molecule has 0 fully saturated rings. The first-order chi connectivity index (χ1) is 14.4. The highest BCUT2D eigenvalue weighted by Crippen LogP contribution is 2.33. The van der Waals surface area contributed by atoms with Crippen molar-refractivity contribution < 1.29 is 18.3 Å². The molecule has 2 N–H and O–H groups in total. The maximum absolute atomic E-state index is 13.6. The van der Waals surface area contributed by atoms with Gasteiger partial charge in [-0.3, -0.25) is 4.79 Å². The fourth-order valence-electron chi connectivity index (χ4n) is 3.81. The van der Waals surface area contributed by atoms with Crippen LogP contribution in [0.25, 0.3) is 0 Å². The standard InChI is InChI=1S/C23H28F2N2O2S/c1-3-15-4-5-22-19(10-15)20(6-7-29-22)26-13-23(30)21(27-14(2)28)11-16-8-17(24)12-18(25)9-16/h4-5,8-10,12,20-21,23,26,30H,3,6-7,11,13H2,1-2H3,(H,27,28)/t20?,21-,23+/m0/s1. The van der Waals surface area contributed by atoms with E-state index in [1.54, 1.807) is 0 Å². The van der Waals surface area contributed by atoms with Crippen LogP contribution in [-0.4, -0.2) is 30.4 Å². The average Bonchev–Trinajstić information content (AvgIpc) is 2.70. The van der Waals surface area contributed by atoms with Crippen LogP contribution >= 0.6 is 12.6 Å². The number of carbonyl (C=O) groups is 1. The third-order valence-electron chi connectivity index (χ3n) is 5.33. The molecule has 0 spiro atoms. The van der Waals surface area contributed by atoms with Crippen LogP contribution in [0.15, 0.2) is 36.4 Å². The number of hydrogen-bond donors (Lipinski definition) is 3. The van der Waals surface area contributed by atoms with Crippen LogP contribution in [0.5, 0.6) is 5.75 Å². The minimum Gasteiger partial charge on any atom is -0.493 e. The van der Waals surface area contributed by atoms with Gasteiger partial charge in [0.2, 0.25) is 5.91 Å². The number of nitrogens with one attached hydrogen (secondary N) is 2. The minimum atomic E-state index is -0.633. The maximum atomic E-state index is 13.6. The lowest BCUT2D eigenvalue weighted by Gasteiger charge is -2.30. The number of halogens is 2. The van der Waals surface area contributed by atoms with Gasteiger partial charge in [-0.25, -0.2) is 8.78 Å². The summed E-state index contributed by atoms with van der Waals surface area (Å²) in [5.41, 5.74) is 2.86. The summed E-state index contributed by atoms with van der Waals surface area (Å²) in [6.07, 6.45) is 2.07. The van der Waals surface area contributed by atoms with E-state index in [1.807, 2.05) is 6.07 Å². The predicted octanol–water partition coefficient (Wildman–Crippen LogP) is 3.99. The van der Waals surface area contributed by atoms with Gasteiger partial charge in [0.25, 0.3) is 0 Å². The van der Waals surface area contributed by atoms with Crippen molar-refractivity contribution in [1.29, 1.82) is 0 Å². The zero-order valence-electron chi connectivity index (χ0n) is 17.3. The first-order valence-corrected chi connectivity index (χ1v) is 10.8. The number of hydrogen-bond acceptors (Lipinski definition) is 4. The summed E-state index contributed by atoms with van der Waals surface area (Å²) in [4.78, 5) is 11.7. The fraction of sp³-hybridized carbons (Fsp3) is 0.435. The summed E-state index contributed by atoms with van der Waals surface area (Å²) < 4.78 is 32.9. The van der Waals surface area contributed by atoms with Crippen LogP contribution in [0.2, 0.25) is 0 Å². The number of aryl methyl sites for hydroxylation is 1. The second kappa shape index (κ2) is 10.3. The van der Waals surface area contributed by atoms with Gasteiger partial charge in [0, 0.05) is 48.9 Å². The Bertz CT molecular complexity index is 873. The average molecular weight is 435 g/mol. The molecule has 1 unspecified atom stereocenters. The summed E-state index contributed by atoms with van der Waals surface area (Å²) in [5.74, 6) is -0.586. The Kier molecular flexibility index (Phi) is 7.72. The van der Waals surface area contributed by atoms with E-state index >= 15 is 0 Å². The van der Waals surface area contributed by atoms with Gasteiger partial charge in [-0.15, -0.1) is 0 Å². The zero-order valence-corrected chi connectivity index (χ0v) is 18.1. The van der Waals surface area contributed by atoms with Gasteiger partial charge < -0.3 is 15.4 Å². The molecule has 0 aliphatic carbocycles. The highest BCUT2D eigenvalue weighted by molar-refractivity contribution is 7.81. The van der Waals surface area contributed by atoms with Crippen LogP contribution in [0.3, 0.4) is 0 Å². The SMILES string of the molecule is CCc1ccc2c(c1)C(NC[C@@H](S)[C@H](Cc1cc(F)cc(F)c1)NC(C)=O)CCO2. The van der Waals surface area contributed by atoms with Crippen molar-refractivity contribution in [3.63, 3.8) is 0 Å². The van der Waals surface area contributed by atoms with E-state index in [0.717, 1.165) is 30.2 Å². The van der Waals surface area contributed by atoms with E-state index in [1.165, 1.54) is 24.6 Å². The monoisotopic (exact) mass is 434 g/mol. The molecule has 4 nitrogen and oxygen atoms in total. The Morgan fingerprint density at radius 1 is 1.20 bits per heavy atom. The van der Waals surface area contributed by atoms with Crippen molar-refractivity contribution >= 4 is 18.5 Å². The molecule has 1 aliphatic heterocycles. The second-order valence-corrected chi connectivity index (χ2v) is 8.34. The van der Waals surface area contributed by atoms with Crippen molar-refractivity contribution in [3.8, 4) is 5.75 Å². The molecule has 0 radical (unpaired) electrons. The number of thiol groups is 1. The van der Waals surface area contributed by atoms with Crippen molar-refractivity contribution in [2.75, 3.05) is 13.2 Å². The van der Waals surface area contributed by atoms with Crippen molar-refractivity contribution in [1.82, 2.24) is 10.6 Å². The quantitative estimate of drug-likeness (QED) is 0.551. The number of carbonyl (C=O) groups excluding carboxylic acids is 1. The van der Waals surface area contributed by atoms with Gasteiger partial charge in [-0.2, -0.15) is 12.6 Å². The largest absolute Gasteiger partial charge is 0.493 e. The molecule has 30 heavy (non-hydrogen) atoms. The molecular weight excluding hydrogens is 406 g/mol. The number of fused-ring (bicyclic) bond motifs is 1. The Balaban J connectivity index is 1.69. The fourth-order valence-corrected chi connectivity index (χ4v) is 4.09. The highest BCUT2D eigenvalue weighted by atomic mass is 32.1. The minimum absolute atomic E-state index is 0.125. The molecule has 3 rings (SSSR count). The Hall–Kier alpha value is -2.12. The summed E-state index contributed by atoms with van der Waals surface area (Å²) in [5, 5.41) is 6.15. The molecule has 0 saturated carbocycles. The van der Waals surface area contributed by atoms with Gasteiger partial charge in [0.1, 0.15) is 17.4 Å². The van der Waals surface area contributed by atoms with Crippen molar-refractivity contribution in [2.45, 2.75) is 50.4 Å².